The van der Waals surface area contributed by atoms with E-state index in [1.807, 2.05) is 24.3 Å². The molecular formula is C20H16N2O3. The van der Waals surface area contributed by atoms with Gasteiger partial charge in [-0.2, -0.15) is 5.26 Å². The van der Waals surface area contributed by atoms with Crippen LogP contribution in [0, 0.1) is 11.3 Å². The smallest absolute Gasteiger partial charge is 0.302 e. The van der Waals surface area contributed by atoms with E-state index in [1.165, 1.54) is 11.8 Å². The Morgan fingerprint density at radius 2 is 1.80 bits per heavy atom. The average molecular weight is 332 g/mol. The molecule has 5 nitrogen and oxygen atoms in total. The van der Waals surface area contributed by atoms with Crippen LogP contribution in [0.15, 0.2) is 60.2 Å². The first-order valence-corrected chi connectivity index (χ1v) is 7.83. The van der Waals surface area contributed by atoms with Gasteiger partial charge in [-0.3, -0.25) is 14.5 Å². The van der Waals surface area contributed by atoms with Gasteiger partial charge in [0.1, 0.15) is 12.6 Å². The Labute approximate surface area is 145 Å². The number of para-hydroxylation sites is 1. The molecule has 25 heavy (non-hydrogen) atoms. The molecule has 1 aliphatic rings. The maximum Gasteiger partial charge on any atom is 0.302 e. The van der Waals surface area contributed by atoms with E-state index in [0.717, 1.165) is 5.56 Å². The van der Waals surface area contributed by atoms with Gasteiger partial charge in [0.05, 0.1) is 11.8 Å². The number of benzene rings is 2. The lowest BCUT2D eigenvalue weighted by Crippen LogP contribution is -2.44. The molecule has 0 aromatic heterocycles. The van der Waals surface area contributed by atoms with Gasteiger partial charge in [0, 0.05) is 18.1 Å². The molecule has 2 aromatic rings. The Kier molecular flexibility index (Phi) is 4.62. The third-order valence-corrected chi connectivity index (χ3v) is 3.95. The fourth-order valence-electron chi connectivity index (χ4n) is 2.81. The summed E-state index contributed by atoms with van der Waals surface area (Å²) >= 11 is 0. The number of hydrogen-bond donors (Lipinski definition) is 0. The lowest BCUT2D eigenvalue weighted by molar-refractivity contribution is -0.140. The Morgan fingerprint density at radius 3 is 2.48 bits per heavy atom. The number of fused-ring (bicyclic) bond motifs is 1. The third-order valence-electron chi connectivity index (χ3n) is 3.95. The number of nitrogens with zero attached hydrogens (tertiary/aromatic N) is 2. The predicted molar refractivity (Wildman–Crippen MR) is 93.7 cm³/mol. The highest BCUT2D eigenvalue weighted by Gasteiger charge is 2.33. The predicted octanol–water partition coefficient (Wildman–Crippen LogP) is 3.19. The van der Waals surface area contributed by atoms with Crippen LogP contribution in [-0.2, 0) is 9.53 Å². The van der Waals surface area contributed by atoms with Crippen molar-refractivity contribution in [2.24, 2.45) is 0 Å². The minimum atomic E-state index is -0.832. The summed E-state index contributed by atoms with van der Waals surface area (Å²) in [5.74, 6) is -0.703. The van der Waals surface area contributed by atoms with Crippen molar-refractivity contribution in [1.29, 1.82) is 5.26 Å². The van der Waals surface area contributed by atoms with Crippen LogP contribution in [-0.4, -0.2) is 24.5 Å². The second-order valence-corrected chi connectivity index (χ2v) is 5.63. The van der Waals surface area contributed by atoms with Crippen molar-refractivity contribution >= 4 is 23.6 Å². The molecule has 0 unspecified atom stereocenters. The largest absolute Gasteiger partial charge is 0.461 e. The Morgan fingerprint density at radius 1 is 1.12 bits per heavy atom. The van der Waals surface area contributed by atoms with Crippen molar-refractivity contribution in [1.82, 2.24) is 0 Å². The number of amides is 1. The number of carbonyl (C=O) groups excluding carboxylic acids is 2. The maximum absolute atomic E-state index is 13.1. The SMILES string of the molecule is CC(=O)OCC1=Cc2ccccc2N(C(=O)c2ccccc2)[C@H]1C#N. The Bertz CT molecular complexity index is 881. The Hall–Kier alpha value is -3.39. The normalized spacial score (nSPS) is 15.6. The second-order valence-electron chi connectivity index (χ2n) is 5.63. The molecule has 0 bridgehead atoms. The summed E-state index contributed by atoms with van der Waals surface area (Å²) in [5, 5.41) is 9.69. The molecule has 5 heteroatoms. The summed E-state index contributed by atoms with van der Waals surface area (Å²) in [5.41, 5.74) is 2.53. The molecule has 0 saturated carbocycles. The summed E-state index contributed by atoms with van der Waals surface area (Å²) in [6, 6.07) is 17.5. The first-order chi connectivity index (χ1) is 12.1. The van der Waals surface area contributed by atoms with E-state index in [4.69, 9.17) is 4.74 Å². The summed E-state index contributed by atoms with van der Waals surface area (Å²) in [7, 11) is 0. The standard InChI is InChI=1S/C20H16N2O3/c1-14(23)25-13-17-11-16-9-5-6-10-18(16)22(19(17)12-21)20(24)15-7-3-2-4-8-15/h2-11,19H,13H2,1H3/t19-/m0/s1. The highest BCUT2D eigenvalue weighted by molar-refractivity contribution is 6.09. The number of hydrogen-bond acceptors (Lipinski definition) is 4. The number of carbonyl (C=O) groups is 2. The molecule has 124 valence electrons. The molecule has 3 rings (SSSR count). The molecule has 1 atom stereocenters. The molecule has 0 spiro atoms. The van der Waals surface area contributed by atoms with Gasteiger partial charge in [-0.15, -0.1) is 0 Å². The van der Waals surface area contributed by atoms with Crippen molar-refractivity contribution in [3.8, 4) is 6.07 Å². The van der Waals surface area contributed by atoms with E-state index in [-0.39, 0.29) is 12.5 Å². The first-order valence-electron chi connectivity index (χ1n) is 7.83. The zero-order chi connectivity index (χ0) is 17.8. The van der Waals surface area contributed by atoms with E-state index < -0.39 is 12.0 Å². The molecule has 0 saturated heterocycles. The molecule has 1 amide bonds. The molecule has 0 aliphatic carbocycles. The van der Waals surface area contributed by atoms with Gasteiger partial charge in [0.2, 0.25) is 0 Å². The summed E-state index contributed by atoms with van der Waals surface area (Å²) in [6.07, 6.45) is 1.81. The van der Waals surface area contributed by atoms with Gasteiger partial charge in [-0.05, 0) is 29.8 Å². The van der Waals surface area contributed by atoms with Gasteiger partial charge in [0.25, 0.3) is 5.91 Å². The number of esters is 1. The minimum absolute atomic E-state index is 0.0273. The fraction of sp³-hybridized carbons (Fsp3) is 0.150. The van der Waals surface area contributed by atoms with Gasteiger partial charge >= 0.3 is 5.97 Å². The molecule has 0 radical (unpaired) electrons. The molecule has 2 aromatic carbocycles. The molecular weight excluding hydrogens is 316 g/mol. The van der Waals surface area contributed by atoms with Crippen LogP contribution in [0.2, 0.25) is 0 Å². The second kappa shape index (κ2) is 7.02. The van der Waals surface area contributed by atoms with Gasteiger partial charge in [-0.25, -0.2) is 0 Å². The Balaban J connectivity index is 2.06. The van der Waals surface area contributed by atoms with Gasteiger partial charge < -0.3 is 4.74 Å². The number of ether oxygens (including phenoxy) is 1. The van der Waals surface area contributed by atoms with Crippen molar-refractivity contribution in [3.63, 3.8) is 0 Å². The van der Waals surface area contributed by atoms with Crippen LogP contribution >= 0.6 is 0 Å². The summed E-state index contributed by atoms with van der Waals surface area (Å²) in [6.45, 7) is 1.28. The lowest BCUT2D eigenvalue weighted by atomic mass is 9.95. The number of anilines is 1. The van der Waals surface area contributed by atoms with Crippen molar-refractivity contribution in [2.45, 2.75) is 13.0 Å². The summed E-state index contributed by atoms with van der Waals surface area (Å²) in [4.78, 5) is 25.7. The van der Waals surface area contributed by atoms with Crippen LogP contribution < -0.4 is 4.90 Å². The van der Waals surface area contributed by atoms with E-state index in [9.17, 15) is 14.9 Å². The number of rotatable bonds is 3. The zero-order valence-corrected chi connectivity index (χ0v) is 13.7. The molecule has 1 aliphatic heterocycles. The van der Waals surface area contributed by atoms with Crippen LogP contribution in [0.25, 0.3) is 6.08 Å². The van der Waals surface area contributed by atoms with Crippen molar-refractivity contribution in [2.75, 3.05) is 11.5 Å². The van der Waals surface area contributed by atoms with Gasteiger partial charge in [0.15, 0.2) is 0 Å². The van der Waals surface area contributed by atoms with Crippen LogP contribution in [0.3, 0.4) is 0 Å². The fourth-order valence-corrected chi connectivity index (χ4v) is 2.81. The third kappa shape index (κ3) is 3.29. The quantitative estimate of drug-likeness (QED) is 0.809. The highest BCUT2D eigenvalue weighted by atomic mass is 16.5. The van der Waals surface area contributed by atoms with E-state index in [1.54, 1.807) is 36.4 Å². The zero-order valence-electron chi connectivity index (χ0n) is 13.7. The average Bonchev–Trinajstić information content (AvgIpc) is 2.65. The minimum Gasteiger partial charge on any atom is -0.461 e. The molecule has 1 heterocycles. The lowest BCUT2D eigenvalue weighted by Gasteiger charge is -2.33. The molecule has 0 N–H and O–H groups in total. The van der Waals surface area contributed by atoms with Crippen molar-refractivity contribution in [3.05, 3.63) is 71.3 Å². The van der Waals surface area contributed by atoms with Crippen LogP contribution in [0.1, 0.15) is 22.8 Å². The highest BCUT2D eigenvalue weighted by Crippen LogP contribution is 2.33. The molecule has 0 fully saturated rings. The van der Waals surface area contributed by atoms with Crippen molar-refractivity contribution < 1.29 is 14.3 Å². The van der Waals surface area contributed by atoms with Crippen LogP contribution in [0.4, 0.5) is 5.69 Å². The van der Waals surface area contributed by atoms with Gasteiger partial charge in [-0.1, -0.05) is 36.4 Å². The van der Waals surface area contributed by atoms with Crippen LogP contribution in [0.5, 0.6) is 0 Å². The number of nitriles is 1. The monoisotopic (exact) mass is 332 g/mol. The van der Waals surface area contributed by atoms with E-state index >= 15 is 0 Å². The van der Waals surface area contributed by atoms with E-state index in [2.05, 4.69) is 6.07 Å². The summed E-state index contributed by atoms with van der Waals surface area (Å²) < 4.78 is 5.07. The topological polar surface area (TPSA) is 70.4 Å². The first kappa shape index (κ1) is 16.5. The maximum atomic E-state index is 13.1. The van der Waals surface area contributed by atoms with E-state index in [0.29, 0.717) is 16.8 Å².